The predicted octanol–water partition coefficient (Wildman–Crippen LogP) is 10.3. The fourth-order valence-corrected chi connectivity index (χ4v) is 5.07. The zero-order chi connectivity index (χ0) is 26.5. The van der Waals surface area contributed by atoms with E-state index in [1.54, 1.807) is 0 Å². The third kappa shape index (κ3) is 27.8. The molecule has 0 fully saturated rings. The molecule has 0 saturated carbocycles. The van der Waals surface area contributed by atoms with Gasteiger partial charge in [0.15, 0.2) is 0 Å². The molecule has 0 rings (SSSR count). The van der Waals surface area contributed by atoms with E-state index in [1.165, 1.54) is 148 Å². The van der Waals surface area contributed by atoms with Gasteiger partial charge in [0, 0.05) is 6.42 Å². The van der Waals surface area contributed by atoms with Crippen LogP contribution in [0.5, 0.6) is 0 Å². The summed E-state index contributed by atoms with van der Waals surface area (Å²) in [6, 6.07) is 0. The Morgan fingerprint density at radius 1 is 0.639 bits per heavy atom. The van der Waals surface area contributed by atoms with Crippen LogP contribution >= 0.6 is 0 Å². The lowest BCUT2D eigenvalue weighted by molar-refractivity contribution is -0.140. The van der Waals surface area contributed by atoms with Crippen LogP contribution in [0.2, 0.25) is 0 Å². The summed E-state index contributed by atoms with van der Waals surface area (Å²) in [6.07, 6.45) is 36.6. The summed E-state index contributed by atoms with van der Waals surface area (Å²) in [7, 11) is 5.91. The molecule has 0 saturated heterocycles. The minimum Gasteiger partial charge on any atom is -0.469 e. The van der Waals surface area contributed by atoms with E-state index < -0.39 is 0 Å². The van der Waals surface area contributed by atoms with Crippen molar-refractivity contribution in [1.82, 2.24) is 4.90 Å². The minimum absolute atomic E-state index is 0.0729. The number of carbonyl (C=O) groups excluding carboxylic acids is 1. The lowest BCUT2D eigenvalue weighted by atomic mass is 9.91. The molecule has 0 spiro atoms. The number of esters is 1. The van der Waals surface area contributed by atoms with Gasteiger partial charge in [-0.1, -0.05) is 128 Å². The quantitative estimate of drug-likeness (QED) is 0.0599. The Morgan fingerprint density at radius 2 is 1.08 bits per heavy atom. The predicted molar refractivity (Wildman–Crippen MR) is 160 cm³/mol. The average molecular weight is 508 g/mol. The second-order valence-corrected chi connectivity index (χ2v) is 11.4. The van der Waals surface area contributed by atoms with Crippen molar-refractivity contribution in [2.24, 2.45) is 5.92 Å². The third-order valence-corrected chi connectivity index (χ3v) is 7.58. The van der Waals surface area contributed by atoms with Gasteiger partial charge < -0.3 is 9.64 Å². The molecule has 1 unspecified atom stereocenters. The highest BCUT2D eigenvalue weighted by Crippen LogP contribution is 2.22. The lowest BCUT2D eigenvalue weighted by Gasteiger charge is -2.19. The van der Waals surface area contributed by atoms with Crippen LogP contribution in [0.1, 0.15) is 161 Å². The van der Waals surface area contributed by atoms with Gasteiger partial charge in [-0.2, -0.15) is 0 Å². The molecule has 1 atom stereocenters. The summed E-state index contributed by atoms with van der Waals surface area (Å²) >= 11 is 0. The molecule has 0 aliphatic rings. The summed E-state index contributed by atoms with van der Waals surface area (Å²) in [5.41, 5.74) is 0. The number of unbranched alkanes of at least 4 members (excludes halogenated alkanes) is 17. The molecule has 0 amide bonds. The Labute approximate surface area is 227 Å². The smallest absolute Gasteiger partial charge is 0.305 e. The van der Waals surface area contributed by atoms with Crippen LogP contribution in [0.4, 0.5) is 0 Å². The first-order chi connectivity index (χ1) is 17.6. The molecule has 0 aromatic rings. The van der Waals surface area contributed by atoms with Crippen molar-refractivity contribution < 1.29 is 9.53 Å². The van der Waals surface area contributed by atoms with E-state index >= 15 is 0 Å². The Hall–Kier alpha value is -0.830. The number of hydrogen-bond acceptors (Lipinski definition) is 3. The van der Waals surface area contributed by atoms with Crippen LogP contribution in [0, 0.1) is 5.92 Å². The molecule has 0 aliphatic heterocycles. The van der Waals surface area contributed by atoms with Crippen LogP contribution in [0.3, 0.4) is 0 Å². The number of ether oxygens (including phenoxy) is 1. The van der Waals surface area contributed by atoms with Gasteiger partial charge in [-0.05, 0) is 65.1 Å². The molecule has 214 valence electrons. The zero-order valence-corrected chi connectivity index (χ0v) is 25.2. The summed E-state index contributed by atoms with van der Waals surface area (Å²) < 4.78 is 4.67. The maximum absolute atomic E-state index is 11.1. The normalized spacial score (nSPS) is 12.6. The lowest BCUT2D eigenvalue weighted by Crippen LogP contribution is -2.17. The molecule has 0 aliphatic carbocycles. The second-order valence-electron chi connectivity index (χ2n) is 11.4. The fourth-order valence-electron chi connectivity index (χ4n) is 5.07. The van der Waals surface area contributed by atoms with E-state index in [-0.39, 0.29) is 5.97 Å². The maximum atomic E-state index is 11.1. The summed E-state index contributed by atoms with van der Waals surface area (Å²) in [6.45, 7) is 3.56. The Balaban J connectivity index is 3.57. The third-order valence-electron chi connectivity index (χ3n) is 7.58. The summed E-state index contributed by atoms with van der Waals surface area (Å²) in [5.74, 6) is 0.879. The molecule has 0 aromatic heterocycles. The van der Waals surface area contributed by atoms with E-state index in [0.29, 0.717) is 6.42 Å². The number of rotatable bonds is 28. The molecular formula is C33H65NO2. The van der Waals surface area contributed by atoms with Gasteiger partial charge in [-0.25, -0.2) is 0 Å². The van der Waals surface area contributed by atoms with Gasteiger partial charge in [-0.3, -0.25) is 4.79 Å². The molecule has 0 aromatic carbocycles. The first-order valence-corrected chi connectivity index (χ1v) is 16.0. The second kappa shape index (κ2) is 28.7. The molecule has 3 nitrogen and oxygen atoms in total. The van der Waals surface area contributed by atoms with Crippen molar-refractivity contribution >= 4 is 5.97 Å². The summed E-state index contributed by atoms with van der Waals surface area (Å²) in [5, 5.41) is 0. The van der Waals surface area contributed by atoms with Crippen LogP contribution in [0.15, 0.2) is 12.2 Å². The molecule has 0 bridgehead atoms. The first kappa shape index (κ1) is 35.2. The van der Waals surface area contributed by atoms with E-state index in [9.17, 15) is 4.79 Å². The van der Waals surface area contributed by atoms with Crippen molar-refractivity contribution in [2.45, 2.75) is 161 Å². The average Bonchev–Trinajstić information content (AvgIpc) is 2.87. The Kier molecular flexibility index (Phi) is 28.1. The van der Waals surface area contributed by atoms with E-state index in [0.717, 1.165) is 18.8 Å². The number of carbonyl (C=O) groups is 1. The van der Waals surface area contributed by atoms with E-state index in [1.807, 2.05) is 0 Å². The highest BCUT2D eigenvalue weighted by Gasteiger charge is 2.09. The van der Waals surface area contributed by atoms with Gasteiger partial charge in [-0.15, -0.1) is 0 Å². The van der Waals surface area contributed by atoms with Gasteiger partial charge in [0.1, 0.15) is 0 Å². The first-order valence-electron chi connectivity index (χ1n) is 16.0. The van der Waals surface area contributed by atoms with Crippen LogP contribution in [0.25, 0.3) is 0 Å². The van der Waals surface area contributed by atoms with Crippen LogP contribution in [-0.4, -0.2) is 38.6 Å². The maximum Gasteiger partial charge on any atom is 0.305 e. The largest absolute Gasteiger partial charge is 0.469 e. The molecule has 0 radical (unpaired) electrons. The molecule has 0 N–H and O–H groups in total. The standard InChI is InChI=1S/C33H65NO2/c1-5-6-7-8-18-21-24-27-32(30-31-34(2)3)28-25-22-19-16-14-12-10-9-11-13-15-17-20-23-26-29-33(35)36-4/h9,11,32H,5-8,10,12-31H2,1-4H3. The van der Waals surface area contributed by atoms with Crippen molar-refractivity contribution in [3.8, 4) is 0 Å². The van der Waals surface area contributed by atoms with Crippen molar-refractivity contribution in [1.29, 1.82) is 0 Å². The Morgan fingerprint density at radius 3 is 1.56 bits per heavy atom. The van der Waals surface area contributed by atoms with Gasteiger partial charge in [0.25, 0.3) is 0 Å². The zero-order valence-electron chi connectivity index (χ0n) is 25.2. The van der Waals surface area contributed by atoms with Gasteiger partial charge in [0.2, 0.25) is 0 Å². The molecule has 0 heterocycles. The molecular weight excluding hydrogens is 442 g/mol. The van der Waals surface area contributed by atoms with Crippen molar-refractivity contribution in [3.05, 3.63) is 12.2 Å². The number of nitrogens with zero attached hydrogens (tertiary/aromatic N) is 1. The van der Waals surface area contributed by atoms with Gasteiger partial charge >= 0.3 is 5.97 Å². The highest BCUT2D eigenvalue weighted by molar-refractivity contribution is 5.68. The topological polar surface area (TPSA) is 29.5 Å². The SMILES string of the molecule is CCCCCCCCCC(CCCCCCCCC=CCCCCCCCC(=O)OC)CCN(C)C. The summed E-state index contributed by atoms with van der Waals surface area (Å²) in [4.78, 5) is 13.4. The number of methoxy groups -OCH3 is 1. The number of allylic oxidation sites excluding steroid dienone is 2. The highest BCUT2D eigenvalue weighted by atomic mass is 16.5. The van der Waals surface area contributed by atoms with E-state index in [4.69, 9.17) is 0 Å². The van der Waals surface area contributed by atoms with Crippen LogP contribution < -0.4 is 0 Å². The van der Waals surface area contributed by atoms with Crippen molar-refractivity contribution in [2.75, 3.05) is 27.7 Å². The molecule has 3 heteroatoms. The fraction of sp³-hybridized carbons (Fsp3) is 0.909. The van der Waals surface area contributed by atoms with Gasteiger partial charge in [0.05, 0.1) is 7.11 Å². The number of hydrogen-bond donors (Lipinski definition) is 0. The minimum atomic E-state index is -0.0729. The van der Waals surface area contributed by atoms with Crippen LogP contribution in [-0.2, 0) is 9.53 Å². The monoisotopic (exact) mass is 508 g/mol. The van der Waals surface area contributed by atoms with Crippen molar-refractivity contribution in [3.63, 3.8) is 0 Å². The Bertz CT molecular complexity index is 474. The van der Waals surface area contributed by atoms with E-state index in [2.05, 4.69) is 42.8 Å². The molecule has 36 heavy (non-hydrogen) atoms.